The van der Waals surface area contributed by atoms with Gasteiger partial charge in [-0.3, -0.25) is 0 Å². The zero-order valence-electron chi connectivity index (χ0n) is 15.3. The Kier molecular flexibility index (Phi) is 6.32. The van der Waals surface area contributed by atoms with E-state index in [1.807, 2.05) is 11.0 Å². The Bertz CT molecular complexity index is 541. The molecule has 0 bridgehead atoms. The molecule has 2 aliphatic rings. The van der Waals surface area contributed by atoms with Crippen LogP contribution >= 0.6 is 0 Å². The Labute approximate surface area is 150 Å². The fourth-order valence-corrected chi connectivity index (χ4v) is 3.84. The number of rotatable bonds is 4. The zero-order valence-corrected chi connectivity index (χ0v) is 15.3. The lowest BCUT2D eigenvalue weighted by Gasteiger charge is -2.36. The molecular formula is C20H30N2O3. The molecule has 2 heterocycles. The van der Waals surface area contributed by atoms with E-state index in [0.717, 1.165) is 25.7 Å². The van der Waals surface area contributed by atoms with Crippen molar-refractivity contribution < 1.29 is 14.3 Å². The molecule has 0 unspecified atom stereocenters. The highest BCUT2D eigenvalue weighted by Crippen LogP contribution is 2.20. The number of nitrogens with zero attached hydrogens (tertiary/aromatic N) is 1. The Morgan fingerprint density at radius 2 is 1.92 bits per heavy atom. The van der Waals surface area contributed by atoms with E-state index in [0.29, 0.717) is 19.7 Å². The molecule has 138 valence electrons. The summed E-state index contributed by atoms with van der Waals surface area (Å²) >= 11 is 0. The summed E-state index contributed by atoms with van der Waals surface area (Å²) < 4.78 is 11.6. The van der Waals surface area contributed by atoms with E-state index in [2.05, 4.69) is 43.4 Å². The maximum atomic E-state index is 12.6. The van der Waals surface area contributed by atoms with Crippen molar-refractivity contribution in [1.82, 2.24) is 10.2 Å². The van der Waals surface area contributed by atoms with Gasteiger partial charge >= 0.3 is 6.03 Å². The average molecular weight is 346 g/mol. The van der Waals surface area contributed by atoms with E-state index in [-0.39, 0.29) is 30.4 Å². The number of aryl methyl sites for hydroxylation is 1. The van der Waals surface area contributed by atoms with Gasteiger partial charge in [0.2, 0.25) is 0 Å². The SMILES string of the molecule is C[C@@H]1CC(NC(=O)N2CCO[C@H](CCc3ccccc3)C2)C[C@@H](C)O1. The summed E-state index contributed by atoms with van der Waals surface area (Å²) in [6.45, 7) is 6.11. The van der Waals surface area contributed by atoms with Crippen molar-refractivity contribution in [3.05, 3.63) is 35.9 Å². The number of carbonyl (C=O) groups excluding carboxylic acids is 1. The molecular weight excluding hydrogens is 316 g/mol. The molecule has 1 aromatic carbocycles. The minimum Gasteiger partial charge on any atom is -0.375 e. The highest BCUT2D eigenvalue weighted by molar-refractivity contribution is 5.74. The fraction of sp³-hybridized carbons (Fsp3) is 0.650. The number of nitrogens with one attached hydrogen (secondary N) is 1. The number of hydrogen-bond donors (Lipinski definition) is 1. The van der Waals surface area contributed by atoms with Crippen molar-refractivity contribution in [1.29, 1.82) is 0 Å². The largest absolute Gasteiger partial charge is 0.375 e. The minimum absolute atomic E-state index is 0.0410. The Balaban J connectivity index is 1.46. The normalized spacial score (nSPS) is 30.1. The number of morpholine rings is 1. The lowest BCUT2D eigenvalue weighted by molar-refractivity contribution is -0.0432. The summed E-state index contributed by atoms with van der Waals surface area (Å²) in [5, 5.41) is 3.20. The van der Waals surface area contributed by atoms with Gasteiger partial charge in [-0.2, -0.15) is 0 Å². The maximum absolute atomic E-state index is 12.6. The molecule has 25 heavy (non-hydrogen) atoms. The van der Waals surface area contributed by atoms with Crippen LogP contribution in [0.5, 0.6) is 0 Å². The number of hydrogen-bond acceptors (Lipinski definition) is 3. The van der Waals surface area contributed by atoms with E-state index >= 15 is 0 Å². The van der Waals surface area contributed by atoms with Crippen LogP contribution in [-0.4, -0.2) is 55.0 Å². The van der Waals surface area contributed by atoms with Crippen molar-refractivity contribution in [3.63, 3.8) is 0 Å². The second-order valence-electron chi connectivity index (χ2n) is 7.34. The second kappa shape index (κ2) is 8.68. The second-order valence-corrected chi connectivity index (χ2v) is 7.34. The Morgan fingerprint density at radius 3 is 2.64 bits per heavy atom. The van der Waals surface area contributed by atoms with Crippen LogP contribution in [0, 0.1) is 0 Å². The number of amides is 2. The van der Waals surface area contributed by atoms with Crippen LogP contribution in [0.2, 0.25) is 0 Å². The Hall–Kier alpha value is -1.59. The highest BCUT2D eigenvalue weighted by Gasteiger charge is 2.29. The van der Waals surface area contributed by atoms with Gasteiger partial charge in [-0.05, 0) is 45.1 Å². The van der Waals surface area contributed by atoms with Crippen LogP contribution in [0.15, 0.2) is 30.3 Å². The molecule has 2 fully saturated rings. The molecule has 1 aromatic rings. The molecule has 2 aliphatic heterocycles. The first-order valence-electron chi connectivity index (χ1n) is 9.46. The van der Waals surface area contributed by atoms with Gasteiger partial charge in [-0.1, -0.05) is 30.3 Å². The molecule has 5 nitrogen and oxygen atoms in total. The van der Waals surface area contributed by atoms with Crippen LogP contribution in [0.25, 0.3) is 0 Å². The van der Waals surface area contributed by atoms with Crippen LogP contribution in [0.4, 0.5) is 4.79 Å². The minimum atomic E-state index is 0.0410. The average Bonchev–Trinajstić information content (AvgIpc) is 2.60. The molecule has 2 amide bonds. The van der Waals surface area contributed by atoms with Gasteiger partial charge < -0.3 is 19.7 Å². The molecule has 0 spiro atoms. The number of carbonyl (C=O) groups is 1. The number of ether oxygens (including phenoxy) is 2. The summed E-state index contributed by atoms with van der Waals surface area (Å²) in [6.07, 6.45) is 4.23. The van der Waals surface area contributed by atoms with Crippen LogP contribution < -0.4 is 5.32 Å². The van der Waals surface area contributed by atoms with Crippen LogP contribution in [-0.2, 0) is 15.9 Å². The molecule has 0 aromatic heterocycles. The maximum Gasteiger partial charge on any atom is 0.317 e. The van der Waals surface area contributed by atoms with E-state index in [1.165, 1.54) is 5.56 Å². The van der Waals surface area contributed by atoms with E-state index < -0.39 is 0 Å². The first kappa shape index (κ1) is 18.2. The summed E-state index contributed by atoms with van der Waals surface area (Å²) in [4.78, 5) is 14.5. The van der Waals surface area contributed by atoms with Crippen LogP contribution in [0.1, 0.15) is 38.7 Å². The van der Waals surface area contributed by atoms with Gasteiger partial charge in [0.25, 0.3) is 0 Å². The number of urea groups is 1. The number of benzene rings is 1. The van der Waals surface area contributed by atoms with Crippen molar-refractivity contribution in [2.45, 2.75) is 63.9 Å². The van der Waals surface area contributed by atoms with E-state index in [9.17, 15) is 4.79 Å². The fourth-order valence-electron chi connectivity index (χ4n) is 3.84. The monoisotopic (exact) mass is 346 g/mol. The van der Waals surface area contributed by atoms with E-state index in [1.54, 1.807) is 0 Å². The standard InChI is InChI=1S/C20H30N2O3/c1-15-12-18(13-16(2)25-15)21-20(23)22-10-11-24-19(14-22)9-8-17-6-4-3-5-7-17/h3-7,15-16,18-19H,8-14H2,1-2H3,(H,21,23)/t15-,16-,19-/m1/s1. The molecule has 0 saturated carbocycles. The highest BCUT2D eigenvalue weighted by atomic mass is 16.5. The molecule has 0 radical (unpaired) electrons. The third kappa shape index (κ3) is 5.44. The third-order valence-corrected chi connectivity index (χ3v) is 5.05. The van der Waals surface area contributed by atoms with E-state index in [4.69, 9.17) is 9.47 Å². The van der Waals surface area contributed by atoms with Gasteiger partial charge in [0.05, 0.1) is 24.9 Å². The Morgan fingerprint density at radius 1 is 1.20 bits per heavy atom. The molecule has 5 heteroatoms. The zero-order chi connectivity index (χ0) is 17.6. The van der Waals surface area contributed by atoms with Crippen molar-refractivity contribution in [2.75, 3.05) is 19.7 Å². The van der Waals surface area contributed by atoms with Crippen molar-refractivity contribution in [2.24, 2.45) is 0 Å². The molecule has 0 aliphatic carbocycles. The summed E-state index contributed by atoms with van der Waals surface area (Å²) in [5.41, 5.74) is 1.32. The lowest BCUT2D eigenvalue weighted by atomic mass is 10.00. The third-order valence-electron chi connectivity index (χ3n) is 5.05. The topological polar surface area (TPSA) is 50.8 Å². The molecule has 3 atom stereocenters. The molecule has 3 rings (SSSR count). The summed E-state index contributed by atoms with van der Waals surface area (Å²) in [5.74, 6) is 0. The summed E-state index contributed by atoms with van der Waals surface area (Å²) in [7, 11) is 0. The van der Waals surface area contributed by atoms with Crippen LogP contribution in [0.3, 0.4) is 0 Å². The van der Waals surface area contributed by atoms with Crippen molar-refractivity contribution >= 4 is 6.03 Å². The van der Waals surface area contributed by atoms with Gasteiger partial charge in [-0.25, -0.2) is 4.79 Å². The first-order chi connectivity index (χ1) is 12.1. The lowest BCUT2D eigenvalue weighted by Crippen LogP contribution is -2.53. The quantitative estimate of drug-likeness (QED) is 0.912. The molecule has 2 saturated heterocycles. The van der Waals surface area contributed by atoms with Gasteiger partial charge in [0, 0.05) is 19.1 Å². The predicted octanol–water partition coefficient (Wildman–Crippen LogP) is 2.99. The summed E-state index contributed by atoms with van der Waals surface area (Å²) in [6, 6.07) is 10.7. The van der Waals surface area contributed by atoms with Gasteiger partial charge in [0.15, 0.2) is 0 Å². The first-order valence-corrected chi connectivity index (χ1v) is 9.46. The van der Waals surface area contributed by atoms with Gasteiger partial charge in [-0.15, -0.1) is 0 Å². The molecule has 1 N–H and O–H groups in total. The smallest absolute Gasteiger partial charge is 0.317 e. The van der Waals surface area contributed by atoms with Crippen molar-refractivity contribution in [3.8, 4) is 0 Å². The van der Waals surface area contributed by atoms with Gasteiger partial charge in [0.1, 0.15) is 0 Å². The predicted molar refractivity (Wildman–Crippen MR) is 97.6 cm³/mol.